The van der Waals surface area contributed by atoms with Crippen LogP contribution in [-0.4, -0.2) is 54.9 Å². The third-order valence-electron chi connectivity index (χ3n) is 11.7. The summed E-state index contributed by atoms with van der Waals surface area (Å²) in [5, 5.41) is 11.7. The number of aliphatic carboxylic acids is 1. The van der Waals surface area contributed by atoms with Crippen molar-refractivity contribution in [2.75, 3.05) is 26.7 Å². The van der Waals surface area contributed by atoms with E-state index in [1.165, 1.54) is 56.9 Å². The van der Waals surface area contributed by atoms with Gasteiger partial charge in [-0.15, -0.1) is 0 Å². The van der Waals surface area contributed by atoms with Crippen LogP contribution in [0.3, 0.4) is 0 Å². The van der Waals surface area contributed by atoms with Crippen LogP contribution in [0.15, 0.2) is 11.6 Å². The molecule has 2 N–H and O–H groups in total. The number of nitrogens with one attached hydrogen (secondary N) is 1. The summed E-state index contributed by atoms with van der Waals surface area (Å²) in [6, 6.07) is 0. The second-order valence-electron chi connectivity index (χ2n) is 14.6. The summed E-state index contributed by atoms with van der Waals surface area (Å²) in [5.74, 6) is 4.13. The molecule has 8 atom stereocenters. The molecular weight excluding hydrogens is 488 g/mol. The molecule has 0 heterocycles. The Labute approximate surface area is 237 Å². The molecule has 0 aliphatic heterocycles. The van der Waals surface area contributed by atoms with Crippen molar-refractivity contribution in [1.29, 1.82) is 0 Å². The smallest absolute Gasteiger partial charge is 0.407 e. The number of nitrogens with zero attached hydrogens (tertiary/aromatic N) is 1. The van der Waals surface area contributed by atoms with E-state index in [-0.39, 0.29) is 24.2 Å². The minimum absolute atomic E-state index is 0.0355. The summed E-state index contributed by atoms with van der Waals surface area (Å²) in [7, 11) is 1.74. The Bertz CT molecular complexity index is 902. The molecule has 4 aliphatic carbocycles. The highest BCUT2D eigenvalue weighted by Gasteiger charge is 2.59. The predicted molar refractivity (Wildman–Crippen MR) is 156 cm³/mol. The Morgan fingerprint density at radius 2 is 1.87 bits per heavy atom. The van der Waals surface area contributed by atoms with Gasteiger partial charge in [-0.05, 0) is 98.3 Å². The van der Waals surface area contributed by atoms with Gasteiger partial charge in [-0.3, -0.25) is 9.69 Å². The van der Waals surface area contributed by atoms with E-state index >= 15 is 0 Å². The summed E-state index contributed by atoms with van der Waals surface area (Å²) in [4.78, 5) is 24.9. The van der Waals surface area contributed by atoms with Crippen molar-refractivity contribution in [3.05, 3.63) is 11.6 Å². The number of ether oxygens (including phenoxy) is 1. The van der Waals surface area contributed by atoms with Crippen LogP contribution in [-0.2, 0) is 9.53 Å². The standard InChI is InChI=1S/C33H56N2O4/c1-22(2)8-7-9-23(3)27-12-13-28-26-11-10-24-20-25(39-31(38)34-18-19-35(6)21-30(36)37)14-16-32(24,4)29(26)15-17-33(27,28)5/h10,22-23,25-29H,7-9,11-21H2,1-6H3,(H,34,38)(H,36,37)/t23-,25+,26+,27-,28+,29+,32+,33-/m1/s1. The predicted octanol–water partition coefficient (Wildman–Crippen LogP) is 7.14. The quantitative estimate of drug-likeness (QED) is 0.270. The minimum atomic E-state index is -0.865. The van der Waals surface area contributed by atoms with Gasteiger partial charge in [0.15, 0.2) is 0 Å². The van der Waals surface area contributed by atoms with Gasteiger partial charge < -0.3 is 15.2 Å². The topological polar surface area (TPSA) is 78.9 Å². The normalized spacial score (nSPS) is 36.5. The van der Waals surface area contributed by atoms with Gasteiger partial charge in [0, 0.05) is 19.5 Å². The van der Waals surface area contributed by atoms with E-state index in [1.54, 1.807) is 11.9 Å². The lowest BCUT2D eigenvalue weighted by molar-refractivity contribution is -0.137. The summed E-state index contributed by atoms with van der Waals surface area (Å²) in [5.41, 5.74) is 2.30. The van der Waals surface area contributed by atoms with Gasteiger partial charge in [0.2, 0.25) is 0 Å². The average Bonchev–Trinajstić information content (AvgIpc) is 3.21. The SMILES string of the molecule is CC(C)CCC[C@@H](C)[C@H]1CC[C@H]2[C@@H]3CC=C4C[C@@H](OC(=O)NCCN(C)CC(=O)O)CC[C@]4(C)[C@H]3CC[C@]12C. The van der Waals surface area contributed by atoms with Gasteiger partial charge in [-0.25, -0.2) is 4.79 Å². The number of fused-ring (bicyclic) bond motifs is 5. The number of carbonyl (C=O) groups is 2. The molecular formula is C33H56N2O4. The number of hydrogen-bond acceptors (Lipinski definition) is 4. The fourth-order valence-corrected chi connectivity index (χ4v) is 9.60. The number of amides is 1. The van der Waals surface area contributed by atoms with Crippen LogP contribution in [0.4, 0.5) is 4.79 Å². The highest BCUT2D eigenvalue weighted by Crippen LogP contribution is 2.67. The molecule has 4 aliphatic rings. The maximum atomic E-state index is 12.4. The molecule has 0 aromatic heterocycles. The first-order valence-corrected chi connectivity index (χ1v) is 16.0. The molecule has 1 amide bonds. The number of hydrogen-bond donors (Lipinski definition) is 2. The van der Waals surface area contributed by atoms with Crippen molar-refractivity contribution in [2.45, 2.75) is 111 Å². The van der Waals surface area contributed by atoms with Crippen molar-refractivity contribution in [3.63, 3.8) is 0 Å². The molecule has 4 rings (SSSR count). The zero-order valence-electron chi connectivity index (χ0n) is 25.6. The Balaban J connectivity index is 1.32. The highest BCUT2D eigenvalue weighted by atomic mass is 16.6. The van der Waals surface area contributed by atoms with E-state index in [0.29, 0.717) is 18.5 Å². The van der Waals surface area contributed by atoms with Crippen molar-refractivity contribution < 1.29 is 19.4 Å². The van der Waals surface area contributed by atoms with Gasteiger partial charge in [-0.2, -0.15) is 0 Å². The van der Waals surface area contributed by atoms with Crippen LogP contribution < -0.4 is 5.32 Å². The van der Waals surface area contributed by atoms with Gasteiger partial charge in [0.25, 0.3) is 0 Å². The summed E-state index contributed by atoms with van der Waals surface area (Å²) in [6.45, 7) is 13.3. The van der Waals surface area contributed by atoms with Crippen LogP contribution in [0.25, 0.3) is 0 Å². The molecule has 39 heavy (non-hydrogen) atoms. The fraction of sp³-hybridized carbons (Fsp3) is 0.879. The number of alkyl carbamates (subject to hydrolysis) is 1. The Morgan fingerprint density at radius 3 is 2.59 bits per heavy atom. The molecule has 6 heteroatoms. The highest BCUT2D eigenvalue weighted by molar-refractivity contribution is 5.69. The lowest BCUT2D eigenvalue weighted by Crippen LogP contribution is -2.51. The van der Waals surface area contributed by atoms with Crippen LogP contribution in [0.5, 0.6) is 0 Å². The summed E-state index contributed by atoms with van der Waals surface area (Å²) in [6.07, 6.45) is 16.0. The van der Waals surface area contributed by atoms with E-state index in [2.05, 4.69) is 46.0 Å². The zero-order valence-corrected chi connectivity index (χ0v) is 25.6. The molecule has 0 saturated heterocycles. The molecule has 0 aromatic carbocycles. The van der Waals surface area contributed by atoms with E-state index in [4.69, 9.17) is 9.84 Å². The lowest BCUT2D eigenvalue weighted by Gasteiger charge is -2.58. The van der Waals surface area contributed by atoms with E-state index in [0.717, 1.165) is 54.8 Å². The first kappa shape index (κ1) is 30.4. The van der Waals surface area contributed by atoms with Gasteiger partial charge in [0.1, 0.15) is 6.10 Å². The van der Waals surface area contributed by atoms with Crippen molar-refractivity contribution in [1.82, 2.24) is 10.2 Å². The average molecular weight is 545 g/mol. The molecule has 6 nitrogen and oxygen atoms in total. The van der Waals surface area contributed by atoms with E-state index in [1.807, 2.05) is 0 Å². The Hall–Kier alpha value is -1.56. The molecule has 222 valence electrons. The Morgan fingerprint density at radius 1 is 1.10 bits per heavy atom. The first-order chi connectivity index (χ1) is 18.4. The van der Waals surface area contributed by atoms with Crippen LogP contribution in [0.2, 0.25) is 0 Å². The van der Waals surface area contributed by atoms with Gasteiger partial charge in [0.05, 0.1) is 6.54 Å². The number of carbonyl (C=O) groups excluding carboxylic acids is 1. The second-order valence-corrected chi connectivity index (χ2v) is 14.6. The third kappa shape index (κ3) is 6.68. The molecule has 3 fully saturated rings. The van der Waals surface area contributed by atoms with E-state index < -0.39 is 5.97 Å². The van der Waals surface area contributed by atoms with Crippen molar-refractivity contribution >= 4 is 12.1 Å². The van der Waals surface area contributed by atoms with Crippen molar-refractivity contribution in [3.8, 4) is 0 Å². The number of carboxylic acid groups (broad SMARTS) is 1. The summed E-state index contributed by atoms with van der Waals surface area (Å²) < 4.78 is 5.83. The molecule has 0 bridgehead atoms. The zero-order chi connectivity index (χ0) is 28.4. The van der Waals surface area contributed by atoms with Crippen LogP contribution >= 0.6 is 0 Å². The molecule has 0 unspecified atom stereocenters. The van der Waals surface area contributed by atoms with Crippen LogP contribution in [0.1, 0.15) is 105 Å². The Kier molecular flexibility index (Phi) is 9.77. The minimum Gasteiger partial charge on any atom is -0.480 e. The number of carboxylic acids is 1. The van der Waals surface area contributed by atoms with Gasteiger partial charge in [-0.1, -0.05) is 65.5 Å². The summed E-state index contributed by atoms with van der Waals surface area (Å²) >= 11 is 0. The largest absolute Gasteiger partial charge is 0.480 e. The maximum Gasteiger partial charge on any atom is 0.407 e. The number of allylic oxidation sites excluding steroid dienone is 1. The fourth-order valence-electron chi connectivity index (χ4n) is 9.60. The lowest BCUT2D eigenvalue weighted by atomic mass is 9.47. The maximum absolute atomic E-state index is 12.4. The van der Waals surface area contributed by atoms with E-state index in [9.17, 15) is 9.59 Å². The molecule has 0 aromatic rings. The van der Waals surface area contributed by atoms with Crippen LogP contribution in [0, 0.1) is 46.3 Å². The molecule has 3 saturated carbocycles. The number of rotatable bonds is 11. The third-order valence-corrected chi connectivity index (χ3v) is 11.7. The van der Waals surface area contributed by atoms with Gasteiger partial charge >= 0.3 is 12.1 Å². The molecule has 0 radical (unpaired) electrons. The monoisotopic (exact) mass is 544 g/mol. The van der Waals surface area contributed by atoms with Crippen molar-refractivity contribution in [2.24, 2.45) is 46.3 Å². The number of likely N-dealkylation sites (N-methyl/N-ethyl adjacent to an activating group) is 1. The first-order valence-electron chi connectivity index (χ1n) is 16.0. The molecule has 0 spiro atoms. The second kappa shape index (κ2) is 12.5.